The lowest BCUT2D eigenvalue weighted by molar-refractivity contribution is -0.136. The maximum atomic E-state index is 12.3. The van der Waals surface area contributed by atoms with Gasteiger partial charge in [-0.15, -0.1) is 0 Å². The topological polar surface area (TPSA) is 46.2 Å². The van der Waals surface area contributed by atoms with Gasteiger partial charge in [0.05, 0.1) is 6.04 Å². The molecule has 0 unspecified atom stereocenters. The molecule has 0 spiro atoms. The first-order valence-corrected chi connectivity index (χ1v) is 6.71. The molecule has 0 bridgehead atoms. The molecule has 0 aliphatic carbocycles. The summed E-state index contributed by atoms with van der Waals surface area (Å²) in [4.78, 5) is 24.4. The fraction of sp³-hybridized carbons (Fsp3) is 0.867. The summed E-state index contributed by atoms with van der Waals surface area (Å²) in [5.74, 6) is 0.418. The highest BCUT2D eigenvalue weighted by molar-refractivity contribution is 5.93. The van der Waals surface area contributed by atoms with E-state index in [4.69, 9.17) is 0 Å². The summed E-state index contributed by atoms with van der Waals surface area (Å²) in [7, 11) is 0. The Bertz CT molecular complexity index is 305. The number of hydrogen-bond donors (Lipinski definition) is 1. The number of ketones is 1. The molecule has 0 aliphatic heterocycles. The van der Waals surface area contributed by atoms with Gasteiger partial charge >= 0.3 is 0 Å². The summed E-state index contributed by atoms with van der Waals surface area (Å²) in [5, 5.41) is 2.91. The Kier molecular flexibility index (Phi) is 5.57. The van der Waals surface area contributed by atoms with Gasteiger partial charge in [-0.3, -0.25) is 9.59 Å². The molecule has 0 rings (SSSR count). The van der Waals surface area contributed by atoms with Crippen LogP contribution in [0, 0.1) is 16.7 Å². The normalized spacial score (nSPS) is 14.5. The number of hydrogen-bond acceptors (Lipinski definition) is 2. The van der Waals surface area contributed by atoms with Gasteiger partial charge in [0.25, 0.3) is 0 Å². The zero-order chi connectivity index (χ0) is 14.7. The highest BCUT2D eigenvalue weighted by atomic mass is 16.2. The molecule has 106 valence electrons. The van der Waals surface area contributed by atoms with Crippen LogP contribution in [0.5, 0.6) is 0 Å². The van der Waals surface area contributed by atoms with E-state index in [0.29, 0.717) is 12.3 Å². The fourth-order valence-electron chi connectivity index (χ4n) is 1.60. The minimum Gasteiger partial charge on any atom is -0.346 e. The van der Waals surface area contributed by atoms with Gasteiger partial charge in [0.1, 0.15) is 0 Å². The monoisotopic (exact) mass is 255 g/mol. The molecule has 1 amide bonds. The number of carbonyl (C=O) groups is 2. The summed E-state index contributed by atoms with van der Waals surface area (Å²) < 4.78 is 0. The lowest BCUT2D eigenvalue weighted by atomic mass is 9.83. The Labute approximate surface area is 112 Å². The van der Waals surface area contributed by atoms with Gasteiger partial charge in [-0.25, -0.2) is 0 Å². The molecule has 0 heterocycles. The van der Waals surface area contributed by atoms with E-state index in [1.54, 1.807) is 0 Å². The standard InChI is InChI=1S/C15H29NO2/c1-10(2)9-11(12(17)14(3,4)5)16-13(18)15(6,7)8/h10-11H,9H2,1-8H3,(H,16,18)/t11-/m1/s1. The summed E-state index contributed by atoms with van der Waals surface area (Å²) in [5.41, 5.74) is -0.891. The zero-order valence-corrected chi connectivity index (χ0v) is 13.2. The summed E-state index contributed by atoms with van der Waals surface area (Å²) in [6.45, 7) is 15.4. The van der Waals surface area contributed by atoms with Gasteiger partial charge in [0, 0.05) is 10.8 Å². The molecular formula is C15H29NO2. The maximum Gasteiger partial charge on any atom is 0.225 e. The molecule has 0 radical (unpaired) electrons. The van der Waals surface area contributed by atoms with Gasteiger partial charge in [0.2, 0.25) is 5.91 Å². The molecule has 0 aromatic heterocycles. The van der Waals surface area contributed by atoms with Gasteiger partial charge in [-0.05, 0) is 12.3 Å². The van der Waals surface area contributed by atoms with Crippen LogP contribution in [-0.4, -0.2) is 17.7 Å². The van der Waals surface area contributed by atoms with E-state index in [2.05, 4.69) is 19.2 Å². The van der Waals surface area contributed by atoms with E-state index in [1.165, 1.54) is 0 Å². The molecular weight excluding hydrogens is 226 g/mol. The maximum absolute atomic E-state index is 12.3. The van der Waals surface area contributed by atoms with E-state index in [-0.39, 0.29) is 17.7 Å². The quantitative estimate of drug-likeness (QED) is 0.838. The lowest BCUT2D eigenvalue weighted by Gasteiger charge is -2.29. The van der Waals surface area contributed by atoms with Crippen molar-refractivity contribution in [1.82, 2.24) is 5.32 Å². The minimum absolute atomic E-state index is 0.0641. The Balaban J connectivity index is 4.92. The third-order valence-electron chi connectivity index (χ3n) is 2.75. The van der Waals surface area contributed by atoms with Gasteiger partial charge < -0.3 is 5.32 Å². The third-order valence-corrected chi connectivity index (χ3v) is 2.75. The summed E-state index contributed by atoms with van der Waals surface area (Å²) in [6, 6.07) is -0.378. The van der Waals surface area contributed by atoms with Crippen molar-refractivity contribution < 1.29 is 9.59 Å². The molecule has 1 N–H and O–H groups in total. The molecule has 18 heavy (non-hydrogen) atoms. The molecule has 0 aromatic rings. The Hall–Kier alpha value is -0.860. The summed E-state index contributed by atoms with van der Waals surface area (Å²) in [6.07, 6.45) is 0.692. The number of nitrogens with one attached hydrogen (secondary N) is 1. The van der Waals surface area contributed by atoms with E-state index in [9.17, 15) is 9.59 Å². The van der Waals surface area contributed by atoms with Gasteiger partial charge in [0.15, 0.2) is 5.78 Å². The molecule has 3 nitrogen and oxygen atoms in total. The fourth-order valence-corrected chi connectivity index (χ4v) is 1.60. The van der Waals surface area contributed by atoms with Crippen molar-refractivity contribution in [3.05, 3.63) is 0 Å². The molecule has 0 saturated carbocycles. The molecule has 0 aliphatic rings. The van der Waals surface area contributed by atoms with E-state index >= 15 is 0 Å². The largest absolute Gasteiger partial charge is 0.346 e. The van der Waals surface area contributed by atoms with Gasteiger partial charge in [-0.2, -0.15) is 0 Å². The average molecular weight is 255 g/mol. The van der Waals surface area contributed by atoms with Crippen LogP contribution < -0.4 is 5.32 Å². The van der Waals surface area contributed by atoms with Crippen LogP contribution in [0.4, 0.5) is 0 Å². The van der Waals surface area contributed by atoms with Crippen molar-refractivity contribution in [2.24, 2.45) is 16.7 Å². The average Bonchev–Trinajstić information content (AvgIpc) is 2.11. The second kappa shape index (κ2) is 5.85. The van der Waals surface area contributed by atoms with Crippen molar-refractivity contribution >= 4 is 11.7 Å². The number of Topliss-reactive ketones (excluding diaryl/α,β-unsaturated/α-hetero) is 1. The molecule has 3 heteroatoms. The summed E-state index contributed by atoms with van der Waals surface area (Å²) >= 11 is 0. The van der Waals surface area contributed by atoms with Crippen LogP contribution in [0.15, 0.2) is 0 Å². The molecule has 1 atom stereocenters. The highest BCUT2D eigenvalue weighted by Crippen LogP contribution is 2.22. The first-order valence-electron chi connectivity index (χ1n) is 6.71. The van der Waals surface area contributed by atoms with Crippen molar-refractivity contribution in [2.75, 3.05) is 0 Å². The third kappa shape index (κ3) is 5.65. The number of amides is 1. The zero-order valence-electron chi connectivity index (χ0n) is 13.2. The van der Waals surface area contributed by atoms with E-state index in [0.717, 1.165) is 0 Å². The lowest BCUT2D eigenvalue weighted by Crippen LogP contribution is -2.49. The van der Waals surface area contributed by atoms with E-state index < -0.39 is 10.8 Å². The van der Waals surface area contributed by atoms with Crippen LogP contribution in [0.2, 0.25) is 0 Å². The predicted molar refractivity (Wildman–Crippen MR) is 75.3 cm³/mol. The Morgan fingerprint density at radius 2 is 1.39 bits per heavy atom. The first-order chi connectivity index (χ1) is 7.85. The smallest absolute Gasteiger partial charge is 0.225 e. The molecule has 0 aromatic carbocycles. The Morgan fingerprint density at radius 3 is 1.67 bits per heavy atom. The van der Waals surface area contributed by atoms with Crippen molar-refractivity contribution in [1.29, 1.82) is 0 Å². The number of carbonyl (C=O) groups excluding carboxylic acids is 2. The van der Waals surface area contributed by atoms with Crippen molar-refractivity contribution in [3.8, 4) is 0 Å². The van der Waals surface area contributed by atoms with Crippen molar-refractivity contribution in [3.63, 3.8) is 0 Å². The van der Waals surface area contributed by atoms with Crippen LogP contribution >= 0.6 is 0 Å². The molecule has 0 fully saturated rings. The van der Waals surface area contributed by atoms with Crippen LogP contribution in [0.3, 0.4) is 0 Å². The number of rotatable bonds is 4. The molecule has 0 saturated heterocycles. The minimum atomic E-state index is -0.465. The Morgan fingerprint density at radius 1 is 0.944 bits per heavy atom. The van der Waals surface area contributed by atoms with Crippen LogP contribution in [0.1, 0.15) is 61.8 Å². The van der Waals surface area contributed by atoms with E-state index in [1.807, 2.05) is 41.5 Å². The van der Waals surface area contributed by atoms with Crippen molar-refractivity contribution in [2.45, 2.75) is 67.9 Å². The highest BCUT2D eigenvalue weighted by Gasteiger charge is 2.33. The SMILES string of the molecule is CC(C)C[C@@H](NC(=O)C(C)(C)C)C(=O)C(C)(C)C. The second-order valence-electron chi connectivity index (χ2n) is 7.52. The van der Waals surface area contributed by atoms with Gasteiger partial charge in [-0.1, -0.05) is 55.4 Å². The second-order valence-corrected chi connectivity index (χ2v) is 7.52. The predicted octanol–water partition coefficient (Wildman–Crippen LogP) is 3.18. The first kappa shape index (κ1) is 17.1. The van der Waals surface area contributed by atoms with Crippen LogP contribution in [0.25, 0.3) is 0 Å². The van der Waals surface area contributed by atoms with Crippen LogP contribution in [-0.2, 0) is 9.59 Å².